The molecule has 0 aromatic heterocycles. The van der Waals surface area contributed by atoms with Crippen LogP contribution >= 0.6 is 0 Å². The first-order valence-electron chi connectivity index (χ1n) is 7.30. The van der Waals surface area contributed by atoms with E-state index in [0.717, 1.165) is 24.8 Å². The first-order chi connectivity index (χ1) is 9.53. The van der Waals surface area contributed by atoms with Crippen LogP contribution in [0.3, 0.4) is 0 Å². The number of amides is 1. The van der Waals surface area contributed by atoms with Gasteiger partial charge in [0.2, 0.25) is 5.91 Å². The summed E-state index contributed by atoms with van der Waals surface area (Å²) < 4.78 is 0. The van der Waals surface area contributed by atoms with E-state index in [9.17, 15) is 4.79 Å². The predicted molar refractivity (Wildman–Crippen MR) is 78.7 cm³/mol. The van der Waals surface area contributed by atoms with Gasteiger partial charge in [-0.1, -0.05) is 38.8 Å². The molecule has 1 amide bonds. The molecule has 1 aromatic carbocycles. The van der Waals surface area contributed by atoms with Crippen molar-refractivity contribution in [3.63, 3.8) is 0 Å². The number of nitrogens with zero attached hydrogens (tertiary/aromatic N) is 1. The molecule has 20 heavy (non-hydrogen) atoms. The highest BCUT2D eigenvalue weighted by atomic mass is 16.1. The molecule has 0 heterocycles. The van der Waals surface area contributed by atoms with Crippen LogP contribution in [0.4, 0.5) is 0 Å². The SMILES string of the molecule is CC1(C)CCCCC1C(=O)NCc1cccc(C#N)c1. The number of carbonyl (C=O) groups excluding carboxylic acids is 1. The first-order valence-corrected chi connectivity index (χ1v) is 7.30. The van der Waals surface area contributed by atoms with Crippen molar-refractivity contribution in [3.8, 4) is 6.07 Å². The van der Waals surface area contributed by atoms with Gasteiger partial charge in [-0.3, -0.25) is 4.79 Å². The zero-order chi connectivity index (χ0) is 14.6. The van der Waals surface area contributed by atoms with Crippen molar-refractivity contribution in [1.29, 1.82) is 5.26 Å². The van der Waals surface area contributed by atoms with Gasteiger partial charge in [0.15, 0.2) is 0 Å². The van der Waals surface area contributed by atoms with Gasteiger partial charge >= 0.3 is 0 Å². The summed E-state index contributed by atoms with van der Waals surface area (Å²) in [7, 11) is 0. The van der Waals surface area contributed by atoms with Crippen LogP contribution in [-0.4, -0.2) is 5.91 Å². The van der Waals surface area contributed by atoms with Gasteiger partial charge in [-0.2, -0.15) is 5.26 Å². The zero-order valence-electron chi connectivity index (χ0n) is 12.3. The maximum Gasteiger partial charge on any atom is 0.223 e. The number of carbonyl (C=O) groups is 1. The van der Waals surface area contributed by atoms with E-state index in [1.165, 1.54) is 6.42 Å². The van der Waals surface area contributed by atoms with Crippen molar-refractivity contribution in [2.24, 2.45) is 11.3 Å². The van der Waals surface area contributed by atoms with Gasteiger partial charge in [0, 0.05) is 12.5 Å². The predicted octanol–water partition coefficient (Wildman–Crippen LogP) is 3.39. The van der Waals surface area contributed by atoms with Crippen LogP contribution in [0.1, 0.15) is 50.7 Å². The third-order valence-corrected chi connectivity index (χ3v) is 4.35. The molecule has 0 aliphatic heterocycles. The van der Waals surface area contributed by atoms with Crippen LogP contribution in [0.2, 0.25) is 0 Å². The quantitative estimate of drug-likeness (QED) is 0.915. The third kappa shape index (κ3) is 3.39. The Bertz CT molecular complexity index is 528. The Morgan fingerprint density at radius 1 is 1.45 bits per heavy atom. The second-order valence-electron chi connectivity index (χ2n) is 6.32. The van der Waals surface area contributed by atoms with E-state index < -0.39 is 0 Å². The topological polar surface area (TPSA) is 52.9 Å². The van der Waals surface area contributed by atoms with Crippen LogP contribution in [-0.2, 0) is 11.3 Å². The van der Waals surface area contributed by atoms with E-state index >= 15 is 0 Å². The van der Waals surface area contributed by atoms with E-state index in [2.05, 4.69) is 25.2 Å². The fraction of sp³-hybridized carbons (Fsp3) is 0.529. The molecular weight excluding hydrogens is 248 g/mol. The molecular formula is C17H22N2O. The Morgan fingerprint density at radius 2 is 2.25 bits per heavy atom. The average Bonchev–Trinajstić information content (AvgIpc) is 2.44. The normalized spacial score (nSPS) is 20.9. The maximum absolute atomic E-state index is 12.4. The van der Waals surface area contributed by atoms with Gasteiger partial charge in [-0.25, -0.2) is 0 Å². The van der Waals surface area contributed by atoms with Gasteiger partial charge in [-0.15, -0.1) is 0 Å². The average molecular weight is 270 g/mol. The summed E-state index contributed by atoms with van der Waals surface area (Å²) in [6, 6.07) is 9.51. The largest absolute Gasteiger partial charge is 0.352 e. The lowest BCUT2D eigenvalue weighted by molar-refractivity contribution is -0.130. The van der Waals surface area contributed by atoms with Crippen molar-refractivity contribution in [2.45, 2.75) is 46.1 Å². The smallest absolute Gasteiger partial charge is 0.223 e. The zero-order valence-corrected chi connectivity index (χ0v) is 12.3. The van der Waals surface area contributed by atoms with Gasteiger partial charge in [0.1, 0.15) is 0 Å². The molecule has 1 aliphatic rings. The van der Waals surface area contributed by atoms with Crippen molar-refractivity contribution < 1.29 is 4.79 Å². The molecule has 1 aromatic rings. The second-order valence-corrected chi connectivity index (χ2v) is 6.32. The summed E-state index contributed by atoms with van der Waals surface area (Å²) in [5.41, 5.74) is 1.71. The molecule has 0 bridgehead atoms. The summed E-state index contributed by atoms with van der Waals surface area (Å²) in [5.74, 6) is 0.257. The second kappa shape index (κ2) is 6.09. The van der Waals surface area contributed by atoms with Gasteiger partial charge < -0.3 is 5.32 Å². The first kappa shape index (κ1) is 14.6. The lowest BCUT2D eigenvalue weighted by Crippen LogP contribution is -2.40. The number of rotatable bonds is 3. The van der Waals surface area contributed by atoms with Gasteiger partial charge in [0.05, 0.1) is 11.6 Å². The minimum absolute atomic E-state index is 0.0941. The molecule has 2 rings (SSSR count). The summed E-state index contributed by atoms with van der Waals surface area (Å²) in [4.78, 5) is 12.4. The Labute approximate surface area is 121 Å². The van der Waals surface area contributed by atoms with E-state index in [0.29, 0.717) is 12.1 Å². The molecule has 1 fully saturated rings. The molecule has 0 saturated heterocycles. The molecule has 1 saturated carbocycles. The minimum atomic E-state index is 0.0941. The Balaban J connectivity index is 1.96. The van der Waals surface area contributed by atoms with Crippen LogP contribution in [0.5, 0.6) is 0 Å². The Kier molecular flexibility index (Phi) is 4.44. The Morgan fingerprint density at radius 3 is 2.95 bits per heavy atom. The van der Waals surface area contributed by atoms with Crippen LogP contribution in [0.15, 0.2) is 24.3 Å². The summed E-state index contributed by atoms with van der Waals surface area (Å²) >= 11 is 0. The molecule has 3 heteroatoms. The highest BCUT2D eigenvalue weighted by Crippen LogP contribution is 2.40. The lowest BCUT2D eigenvalue weighted by atomic mass is 9.68. The minimum Gasteiger partial charge on any atom is -0.352 e. The van der Waals surface area contributed by atoms with E-state index in [4.69, 9.17) is 5.26 Å². The number of nitrogens with one attached hydrogen (secondary N) is 1. The number of hydrogen-bond acceptors (Lipinski definition) is 2. The van der Waals surface area contributed by atoms with Crippen molar-refractivity contribution in [2.75, 3.05) is 0 Å². The number of nitriles is 1. The van der Waals surface area contributed by atoms with E-state index in [1.807, 2.05) is 18.2 Å². The molecule has 106 valence electrons. The molecule has 1 atom stereocenters. The highest BCUT2D eigenvalue weighted by Gasteiger charge is 2.36. The van der Waals surface area contributed by atoms with Crippen molar-refractivity contribution >= 4 is 5.91 Å². The molecule has 1 N–H and O–H groups in total. The lowest BCUT2D eigenvalue weighted by Gasteiger charge is -2.37. The summed E-state index contributed by atoms with van der Waals surface area (Å²) in [6.07, 6.45) is 4.47. The fourth-order valence-corrected chi connectivity index (χ4v) is 3.04. The standard InChI is InChI=1S/C17H22N2O/c1-17(2)9-4-3-8-15(17)16(20)19-12-14-7-5-6-13(10-14)11-18/h5-7,10,15H,3-4,8-9,12H2,1-2H3,(H,19,20). The molecule has 1 unspecified atom stereocenters. The van der Waals surface area contributed by atoms with E-state index in [-0.39, 0.29) is 17.2 Å². The van der Waals surface area contributed by atoms with Crippen LogP contribution < -0.4 is 5.32 Å². The monoisotopic (exact) mass is 270 g/mol. The molecule has 1 aliphatic carbocycles. The molecule has 3 nitrogen and oxygen atoms in total. The van der Waals surface area contributed by atoms with E-state index in [1.54, 1.807) is 6.07 Å². The van der Waals surface area contributed by atoms with Crippen molar-refractivity contribution in [3.05, 3.63) is 35.4 Å². The third-order valence-electron chi connectivity index (χ3n) is 4.35. The fourth-order valence-electron chi connectivity index (χ4n) is 3.04. The van der Waals surface area contributed by atoms with Gasteiger partial charge in [0.25, 0.3) is 0 Å². The van der Waals surface area contributed by atoms with Crippen LogP contribution in [0, 0.1) is 22.7 Å². The summed E-state index contributed by atoms with van der Waals surface area (Å²) in [6.45, 7) is 4.88. The number of hydrogen-bond donors (Lipinski definition) is 1. The number of benzene rings is 1. The van der Waals surface area contributed by atoms with Crippen LogP contribution in [0.25, 0.3) is 0 Å². The van der Waals surface area contributed by atoms with Gasteiger partial charge in [-0.05, 0) is 36.0 Å². The summed E-state index contributed by atoms with van der Waals surface area (Å²) in [5, 5.41) is 11.9. The Hall–Kier alpha value is -1.82. The molecule has 0 spiro atoms. The maximum atomic E-state index is 12.4. The van der Waals surface area contributed by atoms with Crippen molar-refractivity contribution in [1.82, 2.24) is 5.32 Å². The highest BCUT2D eigenvalue weighted by molar-refractivity contribution is 5.79. The molecule has 0 radical (unpaired) electrons.